The second-order valence-electron chi connectivity index (χ2n) is 5.83. The molecule has 1 aliphatic carbocycles. The molecule has 2 rings (SSSR count). The Morgan fingerprint density at radius 3 is 2.67 bits per heavy atom. The topological polar surface area (TPSA) is 29.1 Å². The first-order valence-corrected chi connectivity index (χ1v) is 7.79. The first-order chi connectivity index (χ1) is 10.2. The maximum Gasteiger partial charge on any atom is 0.216 e. The van der Waals surface area contributed by atoms with Gasteiger partial charge < -0.3 is 5.32 Å². The molecule has 1 N–H and O–H groups in total. The van der Waals surface area contributed by atoms with Crippen molar-refractivity contribution in [2.45, 2.75) is 44.4 Å². The van der Waals surface area contributed by atoms with Gasteiger partial charge in [0, 0.05) is 18.9 Å². The molecule has 21 heavy (non-hydrogen) atoms. The van der Waals surface area contributed by atoms with Gasteiger partial charge in [-0.05, 0) is 37.7 Å². The zero-order chi connectivity index (χ0) is 15.1. The summed E-state index contributed by atoms with van der Waals surface area (Å²) in [5.74, 6) is 0.0239. The molecule has 0 spiro atoms. The van der Waals surface area contributed by atoms with Crippen LogP contribution in [0.3, 0.4) is 0 Å². The van der Waals surface area contributed by atoms with Gasteiger partial charge in [-0.2, -0.15) is 0 Å². The van der Waals surface area contributed by atoms with Crippen LogP contribution in [0.4, 0.5) is 0 Å². The van der Waals surface area contributed by atoms with Crippen LogP contribution < -0.4 is 5.32 Å². The van der Waals surface area contributed by atoms with E-state index in [1.165, 1.54) is 24.0 Å². The van der Waals surface area contributed by atoms with Gasteiger partial charge >= 0.3 is 0 Å². The van der Waals surface area contributed by atoms with Crippen LogP contribution in [0.15, 0.2) is 54.6 Å². The lowest BCUT2D eigenvalue weighted by atomic mass is 9.68. The number of hydrogen-bond donors (Lipinski definition) is 1. The van der Waals surface area contributed by atoms with Gasteiger partial charge in [0.2, 0.25) is 5.91 Å². The van der Waals surface area contributed by atoms with Gasteiger partial charge in [-0.15, -0.1) is 6.58 Å². The van der Waals surface area contributed by atoms with E-state index in [0.29, 0.717) is 6.54 Å². The normalized spacial score (nSPS) is 17.5. The molecule has 0 fully saturated rings. The highest BCUT2D eigenvalue weighted by molar-refractivity contribution is 5.73. The van der Waals surface area contributed by atoms with Crippen LogP contribution in [0.5, 0.6) is 0 Å². The summed E-state index contributed by atoms with van der Waals surface area (Å²) in [6.45, 7) is 6.18. The fourth-order valence-electron chi connectivity index (χ4n) is 3.27. The van der Waals surface area contributed by atoms with E-state index in [1.54, 1.807) is 6.92 Å². The fourth-order valence-corrected chi connectivity index (χ4v) is 3.27. The average Bonchev–Trinajstić information content (AvgIpc) is 2.53. The molecule has 1 atom stereocenters. The molecule has 0 saturated carbocycles. The van der Waals surface area contributed by atoms with E-state index in [2.05, 4.69) is 42.2 Å². The van der Waals surface area contributed by atoms with Crippen molar-refractivity contribution in [2.75, 3.05) is 6.54 Å². The Morgan fingerprint density at radius 1 is 1.33 bits per heavy atom. The van der Waals surface area contributed by atoms with Gasteiger partial charge in [-0.1, -0.05) is 48.1 Å². The van der Waals surface area contributed by atoms with Crippen molar-refractivity contribution in [1.82, 2.24) is 5.32 Å². The Hall–Kier alpha value is -1.83. The Morgan fingerprint density at radius 2 is 2.10 bits per heavy atom. The Kier molecular flexibility index (Phi) is 5.38. The predicted octanol–water partition coefficient (Wildman–Crippen LogP) is 4.14. The first kappa shape index (κ1) is 15.6. The molecule has 1 aromatic rings. The van der Waals surface area contributed by atoms with Crippen molar-refractivity contribution in [2.24, 2.45) is 0 Å². The van der Waals surface area contributed by atoms with E-state index in [1.807, 2.05) is 12.1 Å². The minimum atomic E-state index is -0.144. The molecule has 0 radical (unpaired) electrons. The highest BCUT2D eigenvalue weighted by Crippen LogP contribution is 2.40. The minimum Gasteiger partial charge on any atom is -0.355 e. The molecule has 2 heteroatoms. The molecule has 0 heterocycles. The molecule has 0 unspecified atom stereocenters. The summed E-state index contributed by atoms with van der Waals surface area (Å²) in [6, 6.07) is 10.5. The summed E-state index contributed by atoms with van der Waals surface area (Å²) in [4.78, 5) is 11.5. The molecular formula is C19H25NO. The number of carbonyl (C=O) groups excluding carboxylic acids is 1. The van der Waals surface area contributed by atoms with Gasteiger partial charge in [0.25, 0.3) is 0 Å². The summed E-state index contributed by atoms with van der Waals surface area (Å²) in [7, 11) is 0. The lowest BCUT2D eigenvalue weighted by molar-refractivity contribution is -0.119. The lowest BCUT2D eigenvalue weighted by Crippen LogP contribution is -2.41. The first-order valence-electron chi connectivity index (χ1n) is 7.79. The Bertz CT molecular complexity index is 518. The maximum atomic E-state index is 11.5. The van der Waals surface area contributed by atoms with Crippen LogP contribution in [-0.2, 0) is 10.2 Å². The summed E-state index contributed by atoms with van der Waals surface area (Å²) in [5.41, 5.74) is 2.58. The second-order valence-corrected chi connectivity index (χ2v) is 5.83. The van der Waals surface area contributed by atoms with E-state index in [-0.39, 0.29) is 11.3 Å². The molecule has 0 bridgehead atoms. The molecule has 1 aromatic carbocycles. The van der Waals surface area contributed by atoms with Gasteiger partial charge in [0.15, 0.2) is 0 Å². The summed E-state index contributed by atoms with van der Waals surface area (Å²) in [6.07, 6.45) is 9.96. The van der Waals surface area contributed by atoms with Crippen molar-refractivity contribution < 1.29 is 4.79 Å². The summed E-state index contributed by atoms with van der Waals surface area (Å²) >= 11 is 0. The predicted molar refractivity (Wildman–Crippen MR) is 88.2 cm³/mol. The van der Waals surface area contributed by atoms with E-state index < -0.39 is 0 Å². The van der Waals surface area contributed by atoms with Crippen molar-refractivity contribution in [3.05, 3.63) is 60.2 Å². The molecule has 0 aromatic heterocycles. The standard InChI is InChI=1S/C19H25NO/c1-3-14-19(15-20-16(2)21,17-10-6-4-7-11-17)18-12-8-5-9-13-18/h3-4,6-7,10-12H,1,5,8-9,13-15H2,2H3,(H,20,21)/t19-/m0/s1. The van der Waals surface area contributed by atoms with Crippen molar-refractivity contribution in [1.29, 1.82) is 0 Å². The van der Waals surface area contributed by atoms with Crippen LogP contribution in [0, 0.1) is 0 Å². The van der Waals surface area contributed by atoms with Gasteiger partial charge in [0.05, 0.1) is 0 Å². The van der Waals surface area contributed by atoms with Crippen LogP contribution in [0.25, 0.3) is 0 Å². The van der Waals surface area contributed by atoms with E-state index >= 15 is 0 Å². The molecule has 0 aliphatic heterocycles. The van der Waals surface area contributed by atoms with Crippen molar-refractivity contribution in [3.8, 4) is 0 Å². The van der Waals surface area contributed by atoms with Crippen LogP contribution in [0.2, 0.25) is 0 Å². The minimum absolute atomic E-state index is 0.0239. The number of carbonyl (C=O) groups is 1. The van der Waals surface area contributed by atoms with Crippen LogP contribution >= 0.6 is 0 Å². The highest BCUT2D eigenvalue weighted by Gasteiger charge is 2.35. The summed E-state index contributed by atoms with van der Waals surface area (Å²) < 4.78 is 0. The zero-order valence-corrected chi connectivity index (χ0v) is 12.9. The third-order valence-corrected chi connectivity index (χ3v) is 4.36. The van der Waals surface area contributed by atoms with Crippen molar-refractivity contribution in [3.63, 3.8) is 0 Å². The number of benzene rings is 1. The highest BCUT2D eigenvalue weighted by atomic mass is 16.1. The number of rotatable bonds is 6. The largest absolute Gasteiger partial charge is 0.355 e. The fraction of sp³-hybridized carbons (Fsp3) is 0.421. The third-order valence-electron chi connectivity index (χ3n) is 4.36. The molecule has 112 valence electrons. The molecule has 1 aliphatic rings. The lowest BCUT2D eigenvalue weighted by Gasteiger charge is -2.38. The molecule has 1 amide bonds. The zero-order valence-electron chi connectivity index (χ0n) is 12.9. The number of hydrogen-bond acceptors (Lipinski definition) is 1. The second kappa shape index (κ2) is 7.26. The SMILES string of the molecule is C=CC[C@@](CNC(C)=O)(C1=CCCCC1)c1ccccc1. The van der Waals surface area contributed by atoms with Crippen molar-refractivity contribution >= 4 is 5.91 Å². The van der Waals surface area contributed by atoms with E-state index in [4.69, 9.17) is 0 Å². The summed E-state index contributed by atoms with van der Waals surface area (Å²) in [5, 5.41) is 3.04. The van der Waals surface area contributed by atoms with Gasteiger partial charge in [-0.25, -0.2) is 0 Å². The quantitative estimate of drug-likeness (QED) is 0.781. The number of nitrogens with one attached hydrogen (secondary N) is 1. The Balaban J connectivity index is 2.44. The van der Waals surface area contributed by atoms with Gasteiger partial charge in [0.1, 0.15) is 0 Å². The molecule has 2 nitrogen and oxygen atoms in total. The van der Waals surface area contributed by atoms with Gasteiger partial charge in [-0.3, -0.25) is 4.79 Å². The number of amides is 1. The van der Waals surface area contributed by atoms with Crippen LogP contribution in [0.1, 0.15) is 44.6 Å². The van der Waals surface area contributed by atoms with Crippen LogP contribution in [-0.4, -0.2) is 12.5 Å². The van der Waals surface area contributed by atoms with E-state index in [9.17, 15) is 4.79 Å². The maximum absolute atomic E-state index is 11.5. The third kappa shape index (κ3) is 3.63. The smallest absolute Gasteiger partial charge is 0.216 e. The number of allylic oxidation sites excluding steroid dienone is 2. The Labute approximate surface area is 128 Å². The average molecular weight is 283 g/mol. The molecule has 0 saturated heterocycles. The van der Waals surface area contributed by atoms with E-state index in [0.717, 1.165) is 19.3 Å². The monoisotopic (exact) mass is 283 g/mol. The molecular weight excluding hydrogens is 258 g/mol.